The lowest BCUT2D eigenvalue weighted by atomic mass is 9.76. The number of ether oxygens (including phenoxy) is 2. The average Bonchev–Trinajstić information content (AvgIpc) is 3.27. The minimum Gasteiger partial charge on any atom is -0.489 e. The summed E-state index contributed by atoms with van der Waals surface area (Å²) in [6, 6.07) is 3.75. The Balaban J connectivity index is 1.29. The highest BCUT2D eigenvalue weighted by Gasteiger charge is 2.43. The van der Waals surface area contributed by atoms with Gasteiger partial charge in [0.25, 0.3) is 5.91 Å². The number of pyridine rings is 1. The van der Waals surface area contributed by atoms with Crippen LogP contribution in [-0.4, -0.2) is 53.2 Å². The van der Waals surface area contributed by atoms with E-state index >= 15 is 0 Å². The number of hydrogen-bond donors (Lipinski definition) is 0. The number of aryl methyl sites for hydroxylation is 1. The van der Waals surface area contributed by atoms with Gasteiger partial charge < -0.3 is 18.8 Å². The minimum atomic E-state index is -0.0646. The van der Waals surface area contributed by atoms with Crippen LogP contribution in [0.4, 0.5) is 0 Å². The Kier molecular flexibility index (Phi) is 4.63. The van der Waals surface area contributed by atoms with Crippen molar-refractivity contribution in [2.45, 2.75) is 32.3 Å². The van der Waals surface area contributed by atoms with Crippen LogP contribution in [0.3, 0.4) is 0 Å². The molecular formula is C19H23N3O4. The first kappa shape index (κ1) is 17.0. The molecule has 0 aromatic carbocycles. The largest absolute Gasteiger partial charge is 0.489 e. The highest BCUT2D eigenvalue weighted by Crippen LogP contribution is 2.42. The number of hydrogen-bond acceptors (Lipinski definition) is 6. The molecule has 1 amide bonds. The number of oxazole rings is 1. The molecular weight excluding hydrogens is 334 g/mol. The van der Waals surface area contributed by atoms with Gasteiger partial charge in [-0.25, -0.2) is 4.98 Å². The van der Waals surface area contributed by atoms with Gasteiger partial charge in [0, 0.05) is 19.3 Å². The quantitative estimate of drug-likeness (QED) is 0.836. The van der Waals surface area contributed by atoms with Gasteiger partial charge in [0.15, 0.2) is 6.39 Å². The third-order valence-corrected chi connectivity index (χ3v) is 5.41. The Morgan fingerprint density at radius 3 is 2.96 bits per heavy atom. The molecule has 2 aromatic heterocycles. The number of aromatic nitrogens is 2. The summed E-state index contributed by atoms with van der Waals surface area (Å²) in [5.74, 6) is 1.05. The maximum atomic E-state index is 12.5. The molecule has 0 unspecified atom stereocenters. The number of carbonyl (C=O) groups excluding carboxylic acids is 1. The molecule has 0 aliphatic carbocycles. The number of likely N-dealkylation sites (tertiary alicyclic amines) is 1. The SMILES string of the molecule is Cc1ncoc1C(=O)N1CCC2(CC1)CO[C@@H](COc1cccnc1)C2. The Hall–Kier alpha value is -2.41. The second-order valence-electron chi connectivity index (χ2n) is 7.20. The number of carbonyl (C=O) groups is 1. The van der Waals surface area contributed by atoms with E-state index in [1.807, 2.05) is 17.0 Å². The van der Waals surface area contributed by atoms with Gasteiger partial charge in [0.1, 0.15) is 12.4 Å². The summed E-state index contributed by atoms with van der Waals surface area (Å²) in [4.78, 5) is 22.5. The van der Waals surface area contributed by atoms with E-state index in [9.17, 15) is 4.79 Å². The van der Waals surface area contributed by atoms with Crippen LogP contribution in [0.15, 0.2) is 35.3 Å². The molecule has 2 aliphatic rings. The molecule has 2 fully saturated rings. The Labute approximate surface area is 152 Å². The summed E-state index contributed by atoms with van der Waals surface area (Å²) in [6.45, 7) is 4.50. The second-order valence-corrected chi connectivity index (χ2v) is 7.20. The van der Waals surface area contributed by atoms with Crippen molar-refractivity contribution in [2.75, 3.05) is 26.3 Å². The lowest BCUT2D eigenvalue weighted by Gasteiger charge is -2.38. The average molecular weight is 357 g/mol. The summed E-state index contributed by atoms with van der Waals surface area (Å²) in [5, 5.41) is 0. The van der Waals surface area contributed by atoms with E-state index in [4.69, 9.17) is 13.9 Å². The zero-order valence-corrected chi connectivity index (χ0v) is 14.9. The summed E-state index contributed by atoms with van der Waals surface area (Å²) in [5.41, 5.74) is 0.794. The van der Waals surface area contributed by atoms with Crippen molar-refractivity contribution in [3.8, 4) is 5.75 Å². The van der Waals surface area contributed by atoms with E-state index < -0.39 is 0 Å². The van der Waals surface area contributed by atoms with E-state index in [-0.39, 0.29) is 17.4 Å². The standard InChI is InChI=1S/C19H23N3O4/c1-14-17(26-13-21-14)18(23)22-7-4-19(5-8-22)9-16(25-12-19)11-24-15-3-2-6-20-10-15/h2-3,6,10,13,16H,4-5,7-9,11-12H2,1H3/t16-/m1/s1. The lowest BCUT2D eigenvalue weighted by molar-refractivity contribution is 0.0413. The third-order valence-electron chi connectivity index (χ3n) is 5.41. The van der Waals surface area contributed by atoms with Gasteiger partial charge in [-0.1, -0.05) is 0 Å². The summed E-state index contributed by atoms with van der Waals surface area (Å²) >= 11 is 0. The minimum absolute atomic E-state index is 0.0646. The predicted molar refractivity (Wildman–Crippen MR) is 92.9 cm³/mol. The van der Waals surface area contributed by atoms with Crippen LogP contribution < -0.4 is 4.74 Å². The smallest absolute Gasteiger partial charge is 0.291 e. The third kappa shape index (κ3) is 3.44. The molecule has 2 saturated heterocycles. The van der Waals surface area contributed by atoms with Crippen molar-refractivity contribution >= 4 is 5.91 Å². The van der Waals surface area contributed by atoms with Gasteiger partial charge in [-0.05, 0) is 43.7 Å². The fourth-order valence-electron chi connectivity index (χ4n) is 3.81. The van der Waals surface area contributed by atoms with Crippen molar-refractivity contribution in [2.24, 2.45) is 5.41 Å². The van der Waals surface area contributed by atoms with E-state index in [1.165, 1.54) is 6.39 Å². The fourth-order valence-corrected chi connectivity index (χ4v) is 3.81. The van der Waals surface area contributed by atoms with Gasteiger partial charge >= 0.3 is 0 Å². The molecule has 2 aliphatic heterocycles. The topological polar surface area (TPSA) is 77.7 Å². The highest BCUT2D eigenvalue weighted by atomic mass is 16.5. The van der Waals surface area contributed by atoms with Crippen LogP contribution in [0.1, 0.15) is 35.5 Å². The lowest BCUT2D eigenvalue weighted by Crippen LogP contribution is -2.43. The normalized spacial score (nSPS) is 21.9. The summed E-state index contributed by atoms with van der Waals surface area (Å²) < 4.78 is 17.0. The fraction of sp³-hybridized carbons (Fsp3) is 0.526. The first-order valence-electron chi connectivity index (χ1n) is 8.99. The Morgan fingerprint density at radius 2 is 2.27 bits per heavy atom. The molecule has 4 rings (SSSR count). The first-order chi connectivity index (χ1) is 12.7. The van der Waals surface area contributed by atoms with Gasteiger partial charge in [0.05, 0.1) is 24.6 Å². The van der Waals surface area contributed by atoms with Crippen LogP contribution in [0, 0.1) is 12.3 Å². The molecule has 26 heavy (non-hydrogen) atoms. The molecule has 1 spiro atoms. The van der Waals surface area contributed by atoms with Gasteiger partial charge in [-0.3, -0.25) is 9.78 Å². The molecule has 7 heteroatoms. The van der Waals surface area contributed by atoms with Gasteiger partial charge in [-0.15, -0.1) is 0 Å². The second kappa shape index (κ2) is 7.07. The first-order valence-corrected chi connectivity index (χ1v) is 8.99. The highest BCUT2D eigenvalue weighted by molar-refractivity contribution is 5.92. The van der Waals surface area contributed by atoms with Crippen LogP contribution >= 0.6 is 0 Å². The van der Waals surface area contributed by atoms with Crippen LogP contribution in [0.2, 0.25) is 0 Å². The van der Waals surface area contributed by atoms with Crippen molar-refractivity contribution < 1.29 is 18.7 Å². The van der Waals surface area contributed by atoms with Crippen molar-refractivity contribution in [1.29, 1.82) is 0 Å². The van der Waals surface area contributed by atoms with Crippen molar-refractivity contribution in [1.82, 2.24) is 14.9 Å². The molecule has 4 heterocycles. The molecule has 0 radical (unpaired) electrons. The summed E-state index contributed by atoms with van der Waals surface area (Å²) in [6.07, 6.45) is 7.70. The van der Waals surface area contributed by atoms with Crippen LogP contribution in [-0.2, 0) is 4.74 Å². The molecule has 0 bridgehead atoms. The van der Waals surface area contributed by atoms with E-state index in [2.05, 4.69) is 9.97 Å². The predicted octanol–water partition coefficient (Wildman–Crippen LogP) is 2.47. The maximum absolute atomic E-state index is 12.5. The van der Waals surface area contributed by atoms with Crippen molar-refractivity contribution in [3.05, 3.63) is 42.4 Å². The van der Waals surface area contributed by atoms with E-state index in [0.29, 0.717) is 18.1 Å². The van der Waals surface area contributed by atoms with Crippen LogP contribution in [0.25, 0.3) is 0 Å². The number of rotatable bonds is 4. The number of piperidine rings is 1. The Bertz CT molecular complexity index is 753. The monoisotopic (exact) mass is 357 g/mol. The molecule has 0 N–H and O–H groups in total. The van der Waals surface area contributed by atoms with E-state index in [0.717, 1.165) is 44.7 Å². The number of amides is 1. The Morgan fingerprint density at radius 1 is 1.42 bits per heavy atom. The molecule has 138 valence electrons. The number of nitrogens with zero attached hydrogens (tertiary/aromatic N) is 3. The zero-order valence-electron chi connectivity index (χ0n) is 14.9. The molecule has 0 saturated carbocycles. The van der Waals surface area contributed by atoms with Gasteiger partial charge in [-0.2, -0.15) is 0 Å². The van der Waals surface area contributed by atoms with Gasteiger partial charge in [0.2, 0.25) is 5.76 Å². The maximum Gasteiger partial charge on any atom is 0.291 e. The molecule has 7 nitrogen and oxygen atoms in total. The van der Waals surface area contributed by atoms with Crippen molar-refractivity contribution in [3.63, 3.8) is 0 Å². The molecule has 1 atom stereocenters. The van der Waals surface area contributed by atoms with Crippen LogP contribution in [0.5, 0.6) is 5.75 Å². The summed E-state index contributed by atoms with van der Waals surface area (Å²) in [7, 11) is 0. The van der Waals surface area contributed by atoms with E-state index in [1.54, 1.807) is 19.3 Å². The molecule has 2 aromatic rings. The zero-order chi connectivity index (χ0) is 18.0.